The Morgan fingerprint density at radius 1 is 1.32 bits per heavy atom. The van der Waals surface area contributed by atoms with Crippen LogP contribution in [-0.2, 0) is 4.74 Å². The van der Waals surface area contributed by atoms with Crippen LogP contribution in [0.2, 0.25) is 0 Å². The van der Waals surface area contributed by atoms with Gasteiger partial charge in [-0.1, -0.05) is 29.8 Å². The van der Waals surface area contributed by atoms with Gasteiger partial charge in [0.2, 0.25) is 0 Å². The van der Waals surface area contributed by atoms with E-state index in [-0.39, 0.29) is 30.9 Å². The highest BCUT2D eigenvalue weighted by atomic mass is 35.5. The van der Waals surface area contributed by atoms with Gasteiger partial charge in [-0.25, -0.2) is 0 Å². The molecule has 2 atom stereocenters. The predicted octanol–water partition coefficient (Wildman–Crippen LogP) is 2.21. The first kappa shape index (κ1) is 18.7. The number of nitrogens with zero attached hydrogens (tertiary/aromatic N) is 1. The molecule has 1 aliphatic rings. The number of nitrogens with two attached hydrogens (primary N) is 1. The molecule has 1 fully saturated rings. The van der Waals surface area contributed by atoms with Crippen molar-refractivity contribution in [2.75, 3.05) is 33.4 Å². The van der Waals surface area contributed by atoms with E-state index in [0.717, 1.165) is 26.2 Å². The number of hydrogen-bond acceptors (Lipinski definition) is 3. The SMILES string of the molecule is COCCN1C[C@@H](N)[C@H](c2cccc(C)c2)C1.Cl.Cl. The third kappa shape index (κ3) is 4.93. The topological polar surface area (TPSA) is 38.5 Å². The molecule has 0 radical (unpaired) electrons. The fraction of sp³-hybridized carbons (Fsp3) is 0.571. The highest BCUT2D eigenvalue weighted by Gasteiger charge is 2.30. The largest absolute Gasteiger partial charge is 0.383 e. The number of likely N-dealkylation sites (tertiary alicyclic amines) is 1. The molecule has 1 heterocycles. The lowest BCUT2D eigenvalue weighted by Gasteiger charge is -2.16. The van der Waals surface area contributed by atoms with Gasteiger partial charge in [0.05, 0.1) is 6.61 Å². The molecule has 110 valence electrons. The van der Waals surface area contributed by atoms with E-state index >= 15 is 0 Å². The van der Waals surface area contributed by atoms with Gasteiger partial charge in [-0.05, 0) is 12.5 Å². The van der Waals surface area contributed by atoms with Crippen molar-refractivity contribution in [3.05, 3.63) is 35.4 Å². The minimum absolute atomic E-state index is 0. The van der Waals surface area contributed by atoms with E-state index in [1.165, 1.54) is 11.1 Å². The maximum absolute atomic E-state index is 6.24. The average Bonchev–Trinajstić information content (AvgIpc) is 2.68. The summed E-state index contributed by atoms with van der Waals surface area (Å²) >= 11 is 0. The number of hydrogen-bond donors (Lipinski definition) is 1. The zero-order valence-corrected chi connectivity index (χ0v) is 13.2. The summed E-state index contributed by atoms with van der Waals surface area (Å²) < 4.78 is 5.12. The quantitative estimate of drug-likeness (QED) is 0.927. The van der Waals surface area contributed by atoms with Crippen LogP contribution < -0.4 is 5.73 Å². The second-order valence-electron chi connectivity index (χ2n) is 4.94. The second-order valence-corrected chi connectivity index (χ2v) is 4.94. The maximum Gasteiger partial charge on any atom is 0.0589 e. The van der Waals surface area contributed by atoms with Gasteiger partial charge in [0.25, 0.3) is 0 Å². The van der Waals surface area contributed by atoms with Crippen molar-refractivity contribution < 1.29 is 4.74 Å². The highest BCUT2D eigenvalue weighted by Crippen LogP contribution is 2.26. The first-order valence-corrected chi connectivity index (χ1v) is 6.24. The van der Waals surface area contributed by atoms with Gasteiger partial charge >= 0.3 is 0 Å². The van der Waals surface area contributed by atoms with Crippen molar-refractivity contribution in [1.29, 1.82) is 0 Å². The first-order chi connectivity index (χ1) is 8.20. The molecule has 19 heavy (non-hydrogen) atoms. The van der Waals surface area contributed by atoms with Crippen LogP contribution in [0.25, 0.3) is 0 Å². The Bertz CT molecular complexity index is 376. The molecule has 0 aromatic heterocycles. The molecule has 5 heteroatoms. The number of halogens is 2. The minimum atomic E-state index is 0. The van der Waals surface area contributed by atoms with E-state index < -0.39 is 0 Å². The molecule has 2 rings (SSSR count). The summed E-state index contributed by atoms with van der Waals surface area (Å²) in [5.41, 5.74) is 8.92. The van der Waals surface area contributed by atoms with E-state index in [1.54, 1.807) is 7.11 Å². The van der Waals surface area contributed by atoms with Crippen LogP contribution in [0.4, 0.5) is 0 Å². The molecule has 0 saturated carbocycles. The first-order valence-electron chi connectivity index (χ1n) is 6.24. The van der Waals surface area contributed by atoms with Crippen LogP contribution in [0.5, 0.6) is 0 Å². The van der Waals surface area contributed by atoms with Crippen molar-refractivity contribution in [1.82, 2.24) is 4.90 Å². The van der Waals surface area contributed by atoms with Gasteiger partial charge in [0, 0.05) is 38.7 Å². The van der Waals surface area contributed by atoms with Crippen molar-refractivity contribution in [3.63, 3.8) is 0 Å². The van der Waals surface area contributed by atoms with E-state index in [9.17, 15) is 0 Å². The standard InChI is InChI=1S/C14H22N2O.2ClH/c1-11-4-3-5-12(8-11)13-9-16(6-7-17-2)10-14(13)15;;/h3-5,8,13-14H,6-7,9-10,15H2,1-2H3;2*1H/t13-,14+;;/m0../s1. The molecule has 0 aliphatic carbocycles. The predicted molar refractivity (Wildman–Crippen MR) is 84.7 cm³/mol. The van der Waals surface area contributed by atoms with E-state index in [2.05, 4.69) is 36.1 Å². The van der Waals surface area contributed by atoms with E-state index in [1.807, 2.05) is 0 Å². The average molecular weight is 307 g/mol. The van der Waals surface area contributed by atoms with Crippen LogP contribution in [0.3, 0.4) is 0 Å². The molecule has 2 N–H and O–H groups in total. The lowest BCUT2D eigenvalue weighted by atomic mass is 9.94. The number of aryl methyl sites for hydroxylation is 1. The van der Waals surface area contributed by atoms with Gasteiger partial charge in [-0.3, -0.25) is 4.90 Å². The van der Waals surface area contributed by atoms with Gasteiger partial charge in [-0.2, -0.15) is 0 Å². The summed E-state index contributed by atoms with van der Waals surface area (Å²) in [7, 11) is 1.74. The Hall–Kier alpha value is -0.320. The molecular formula is C14H24Cl2N2O. The Labute approximate surface area is 128 Å². The van der Waals surface area contributed by atoms with Gasteiger partial charge in [0.15, 0.2) is 0 Å². The number of methoxy groups -OCH3 is 1. The van der Waals surface area contributed by atoms with Crippen LogP contribution in [-0.4, -0.2) is 44.3 Å². The number of rotatable bonds is 4. The Kier molecular flexibility index (Phi) is 8.62. The normalized spacial score (nSPS) is 22.7. The van der Waals surface area contributed by atoms with Crippen molar-refractivity contribution in [2.24, 2.45) is 5.73 Å². The maximum atomic E-state index is 6.24. The third-order valence-electron chi connectivity index (χ3n) is 3.52. The summed E-state index contributed by atoms with van der Waals surface area (Å²) in [6.07, 6.45) is 0. The molecule has 3 nitrogen and oxygen atoms in total. The van der Waals surface area contributed by atoms with E-state index in [0.29, 0.717) is 5.92 Å². The van der Waals surface area contributed by atoms with Crippen LogP contribution in [0.15, 0.2) is 24.3 Å². The van der Waals surface area contributed by atoms with Crippen LogP contribution >= 0.6 is 24.8 Å². The smallest absolute Gasteiger partial charge is 0.0589 e. The molecule has 0 spiro atoms. The summed E-state index contributed by atoms with van der Waals surface area (Å²) in [6.45, 7) is 5.92. The fourth-order valence-corrected chi connectivity index (χ4v) is 2.57. The Morgan fingerprint density at radius 3 is 2.68 bits per heavy atom. The van der Waals surface area contributed by atoms with Gasteiger partial charge in [0.1, 0.15) is 0 Å². The van der Waals surface area contributed by atoms with Gasteiger partial charge < -0.3 is 10.5 Å². The van der Waals surface area contributed by atoms with Crippen LogP contribution in [0.1, 0.15) is 17.0 Å². The molecule has 1 aliphatic heterocycles. The van der Waals surface area contributed by atoms with Crippen molar-refractivity contribution in [3.8, 4) is 0 Å². The summed E-state index contributed by atoms with van der Waals surface area (Å²) in [6, 6.07) is 8.94. The molecule has 1 aromatic carbocycles. The molecule has 1 aromatic rings. The molecule has 0 amide bonds. The number of ether oxygens (including phenoxy) is 1. The molecule has 1 saturated heterocycles. The second kappa shape index (κ2) is 8.77. The lowest BCUT2D eigenvalue weighted by Crippen LogP contribution is -2.30. The third-order valence-corrected chi connectivity index (χ3v) is 3.52. The lowest BCUT2D eigenvalue weighted by molar-refractivity contribution is 0.160. The van der Waals surface area contributed by atoms with Crippen molar-refractivity contribution >= 4 is 24.8 Å². The van der Waals surface area contributed by atoms with Crippen LogP contribution in [0, 0.1) is 6.92 Å². The van der Waals surface area contributed by atoms with Gasteiger partial charge in [-0.15, -0.1) is 24.8 Å². The summed E-state index contributed by atoms with van der Waals surface area (Å²) in [5, 5.41) is 0. The molecule has 0 unspecified atom stereocenters. The highest BCUT2D eigenvalue weighted by molar-refractivity contribution is 5.85. The monoisotopic (exact) mass is 306 g/mol. The van der Waals surface area contributed by atoms with Crippen molar-refractivity contribution in [2.45, 2.75) is 18.9 Å². The summed E-state index contributed by atoms with van der Waals surface area (Å²) in [5.74, 6) is 0.465. The Morgan fingerprint density at radius 2 is 2.05 bits per heavy atom. The number of benzene rings is 1. The minimum Gasteiger partial charge on any atom is -0.383 e. The molecule has 0 bridgehead atoms. The van der Waals surface area contributed by atoms with E-state index in [4.69, 9.17) is 10.5 Å². The Balaban J connectivity index is 0.00000162. The molecular weight excluding hydrogens is 283 g/mol. The zero-order chi connectivity index (χ0) is 12.3. The zero-order valence-electron chi connectivity index (χ0n) is 11.5. The summed E-state index contributed by atoms with van der Waals surface area (Å²) in [4.78, 5) is 2.39. The fourth-order valence-electron chi connectivity index (χ4n) is 2.57.